The van der Waals surface area contributed by atoms with Crippen LogP contribution in [0.3, 0.4) is 0 Å². The van der Waals surface area contributed by atoms with Gasteiger partial charge in [0, 0.05) is 0 Å². The number of methoxy groups -OCH3 is 1. The van der Waals surface area contributed by atoms with Crippen molar-refractivity contribution < 1.29 is 62.1 Å². The van der Waals surface area contributed by atoms with Crippen molar-refractivity contribution in [3.8, 4) is 11.5 Å². The Balaban J connectivity index is 1.07. The highest BCUT2D eigenvalue weighted by molar-refractivity contribution is 6.21. The highest BCUT2D eigenvalue weighted by atomic mass is 16.8. The molecule has 3 heterocycles. The van der Waals surface area contributed by atoms with E-state index in [0.29, 0.717) is 11.5 Å². The first-order valence-electron chi connectivity index (χ1n) is 25.5. The van der Waals surface area contributed by atoms with Crippen molar-refractivity contribution >= 4 is 11.8 Å². The predicted molar refractivity (Wildman–Crippen MR) is 280 cm³/mol. The zero-order chi connectivity index (χ0) is 52.1. The molecule has 2 fully saturated rings. The molecule has 0 unspecified atom stereocenters. The SMILES string of the molecule is COc1ccc(O[C@@H]2O[C@H](COCc3ccccc3)[C@@H](O[C@@H]3O[C@H](COCc4ccccc4)[C@@H](O)[C@H](OCc4ccccc4)[C@H]3OCc3ccccc3)[C@H](OCc3ccccc3)[C@H]2N2C(=O)c3ccccc3C2=O)cc1. The Bertz CT molecular complexity index is 2870. The molecule has 0 aromatic heterocycles. The number of aliphatic hydroxyl groups excluding tert-OH is 1. The number of fused-ring (bicyclic) bond motifs is 1. The summed E-state index contributed by atoms with van der Waals surface area (Å²) >= 11 is 0. The lowest BCUT2D eigenvalue weighted by Gasteiger charge is -2.50. The summed E-state index contributed by atoms with van der Waals surface area (Å²) in [7, 11) is 1.57. The Kier molecular flexibility index (Phi) is 17.7. The summed E-state index contributed by atoms with van der Waals surface area (Å²) in [6.07, 6.45) is -10.5. The van der Waals surface area contributed by atoms with Crippen LogP contribution < -0.4 is 9.47 Å². The van der Waals surface area contributed by atoms with Crippen LogP contribution in [0.25, 0.3) is 0 Å². The third-order valence-corrected chi connectivity index (χ3v) is 13.6. The average molecular weight is 1030 g/mol. The second kappa shape index (κ2) is 25.6. The minimum Gasteiger partial charge on any atom is -0.497 e. The van der Waals surface area contributed by atoms with Gasteiger partial charge in [0.2, 0.25) is 6.29 Å². The second-order valence-electron chi connectivity index (χ2n) is 18.8. The Morgan fingerprint density at radius 2 is 0.829 bits per heavy atom. The van der Waals surface area contributed by atoms with Gasteiger partial charge in [-0.3, -0.25) is 14.5 Å². The Labute approximate surface area is 442 Å². The van der Waals surface area contributed by atoms with E-state index in [-0.39, 0.29) is 57.4 Å². The molecule has 3 aliphatic heterocycles. The van der Waals surface area contributed by atoms with Gasteiger partial charge in [-0.2, -0.15) is 0 Å². The molecule has 392 valence electrons. The van der Waals surface area contributed by atoms with Gasteiger partial charge in [0.05, 0.1) is 64.5 Å². The van der Waals surface area contributed by atoms with Gasteiger partial charge in [-0.25, -0.2) is 0 Å². The van der Waals surface area contributed by atoms with Gasteiger partial charge < -0.3 is 52.5 Å². The van der Waals surface area contributed by atoms with Gasteiger partial charge in [0.25, 0.3) is 11.8 Å². The van der Waals surface area contributed by atoms with E-state index in [2.05, 4.69) is 0 Å². The highest BCUT2D eigenvalue weighted by Crippen LogP contribution is 2.39. The van der Waals surface area contributed by atoms with Crippen LogP contribution in [0.5, 0.6) is 11.5 Å². The van der Waals surface area contributed by atoms with Crippen LogP contribution in [0.15, 0.2) is 200 Å². The van der Waals surface area contributed by atoms with E-state index >= 15 is 0 Å². The molecule has 7 aromatic carbocycles. The topological polar surface area (TPSA) is 150 Å². The van der Waals surface area contributed by atoms with Crippen molar-refractivity contribution in [2.75, 3.05) is 20.3 Å². The number of carbonyl (C=O) groups is 2. The molecule has 14 heteroatoms. The van der Waals surface area contributed by atoms with Crippen LogP contribution in [-0.4, -0.2) is 103 Å². The molecule has 0 radical (unpaired) electrons. The molecule has 10 atom stereocenters. The van der Waals surface area contributed by atoms with E-state index in [0.717, 1.165) is 32.7 Å². The van der Waals surface area contributed by atoms with Gasteiger partial charge in [-0.15, -0.1) is 0 Å². The van der Waals surface area contributed by atoms with E-state index in [9.17, 15) is 14.7 Å². The second-order valence-corrected chi connectivity index (χ2v) is 18.8. The first kappa shape index (κ1) is 52.4. The summed E-state index contributed by atoms with van der Waals surface area (Å²) in [5.74, 6) is -0.160. The van der Waals surface area contributed by atoms with Gasteiger partial charge in [0.15, 0.2) is 6.29 Å². The minimum absolute atomic E-state index is 0.0226. The first-order valence-corrected chi connectivity index (χ1v) is 25.5. The van der Waals surface area contributed by atoms with Crippen molar-refractivity contribution in [3.63, 3.8) is 0 Å². The van der Waals surface area contributed by atoms with Crippen LogP contribution in [0, 0.1) is 0 Å². The van der Waals surface area contributed by atoms with E-state index in [1.807, 2.05) is 152 Å². The summed E-state index contributed by atoms with van der Waals surface area (Å²) < 4.78 is 67.0. The maximum Gasteiger partial charge on any atom is 0.262 e. The number of amides is 2. The minimum atomic E-state index is -1.35. The number of carbonyl (C=O) groups excluding carboxylic acids is 2. The molecule has 14 nitrogen and oxygen atoms in total. The first-order chi connectivity index (χ1) is 37.4. The smallest absolute Gasteiger partial charge is 0.262 e. The number of benzene rings is 7. The van der Waals surface area contributed by atoms with E-state index in [1.54, 1.807) is 55.6 Å². The fraction of sp³-hybridized carbons (Fsp3) is 0.290. The van der Waals surface area contributed by atoms with Gasteiger partial charge in [0.1, 0.15) is 60.3 Å². The number of nitrogens with zero attached hydrogens (tertiary/aromatic N) is 1. The predicted octanol–water partition coefficient (Wildman–Crippen LogP) is 9.12. The molecule has 76 heavy (non-hydrogen) atoms. The molecule has 10 rings (SSSR count). The van der Waals surface area contributed by atoms with E-state index in [4.69, 9.17) is 47.4 Å². The number of hydrogen-bond donors (Lipinski definition) is 1. The summed E-state index contributed by atoms with van der Waals surface area (Å²) in [6, 6.07) is 60.6. The zero-order valence-electron chi connectivity index (χ0n) is 42.1. The summed E-state index contributed by atoms with van der Waals surface area (Å²) in [5.41, 5.74) is 4.83. The number of ether oxygens (including phenoxy) is 10. The van der Waals surface area contributed by atoms with Crippen molar-refractivity contribution in [2.45, 2.75) is 94.4 Å². The Morgan fingerprint density at radius 1 is 0.434 bits per heavy atom. The van der Waals surface area contributed by atoms with Crippen LogP contribution in [0.1, 0.15) is 48.5 Å². The van der Waals surface area contributed by atoms with Crippen molar-refractivity contribution in [3.05, 3.63) is 239 Å². The third-order valence-electron chi connectivity index (χ3n) is 13.6. The molecule has 0 aliphatic carbocycles. The molecule has 3 aliphatic rings. The van der Waals surface area contributed by atoms with Crippen LogP contribution in [-0.2, 0) is 70.9 Å². The molecular weight excluding hydrogens is 967 g/mol. The molecule has 0 bridgehead atoms. The number of rotatable bonds is 23. The lowest BCUT2D eigenvalue weighted by molar-refractivity contribution is -0.360. The highest BCUT2D eigenvalue weighted by Gasteiger charge is 2.58. The molecule has 2 amide bonds. The molecule has 0 saturated carbocycles. The fourth-order valence-electron chi connectivity index (χ4n) is 9.71. The lowest BCUT2D eigenvalue weighted by Crippen LogP contribution is -2.69. The van der Waals surface area contributed by atoms with Gasteiger partial charge in [-0.05, 0) is 64.2 Å². The Morgan fingerprint density at radius 3 is 1.30 bits per heavy atom. The third kappa shape index (κ3) is 12.8. The normalized spacial score (nSPS) is 24.3. The number of hydrogen-bond acceptors (Lipinski definition) is 13. The maximum atomic E-state index is 14.9. The van der Waals surface area contributed by atoms with Crippen molar-refractivity contribution in [1.29, 1.82) is 0 Å². The van der Waals surface area contributed by atoms with Crippen molar-refractivity contribution in [1.82, 2.24) is 4.90 Å². The number of imide groups is 1. The van der Waals surface area contributed by atoms with Crippen molar-refractivity contribution in [2.24, 2.45) is 0 Å². The quantitative estimate of drug-likeness (QED) is 0.0608. The largest absolute Gasteiger partial charge is 0.497 e. The molecule has 2 saturated heterocycles. The monoisotopic (exact) mass is 1030 g/mol. The average Bonchev–Trinajstić information content (AvgIpc) is 3.80. The van der Waals surface area contributed by atoms with Gasteiger partial charge in [-0.1, -0.05) is 164 Å². The molecule has 7 aromatic rings. The standard InChI is InChI=1S/C62H61NO13/c1-67-47-31-33-48(34-32-47)73-61-53(63-59(65)49-29-17-18-30-50(49)60(63)66)56(70-37-44-23-11-4-12-24-44)55(52(75-61)41-69-36-43-21-9-3-10-22-43)76-62-58(72-39-46-27-15-6-16-28-46)57(71-38-45-25-13-5-14-26-45)54(64)51(74-62)40-68-35-42-19-7-2-8-20-42/h2-34,51-58,61-62,64H,35-41H2,1H3/t51-,52-,53-,54-,55-,56-,57+,58-,61-,62+/m1/s1. The summed E-state index contributed by atoms with van der Waals surface area (Å²) in [4.78, 5) is 30.9. The molecular formula is C62H61NO13. The van der Waals surface area contributed by atoms with Gasteiger partial charge >= 0.3 is 0 Å². The number of aliphatic hydroxyl groups is 1. The zero-order valence-corrected chi connectivity index (χ0v) is 42.1. The van der Waals surface area contributed by atoms with Crippen LogP contribution >= 0.6 is 0 Å². The fourth-order valence-corrected chi connectivity index (χ4v) is 9.71. The van der Waals surface area contributed by atoms with Crippen LogP contribution in [0.4, 0.5) is 0 Å². The maximum absolute atomic E-state index is 14.9. The molecule has 1 N–H and O–H groups in total. The Hall–Kier alpha value is -7.08. The lowest BCUT2D eigenvalue weighted by atomic mass is 9.93. The summed E-state index contributed by atoms with van der Waals surface area (Å²) in [6.45, 7) is 0.554. The van der Waals surface area contributed by atoms with Crippen LogP contribution in [0.2, 0.25) is 0 Å². The van der Waals surface area contributed by atoms with E-state index < -0.39 is 73.2 Å². The molecule has 0 spiro atoms. The van der Waals surface area contributed by atoms with E-state index in [1.165, 1.54) is 0 Å². The summed E-state index contributed by atoms with van der Waals surface area (Å²) in [5, 5.41) is 12.4.